The third-order valence-electron chi connectivity index (χ3n) is 3.45. The molecule has 2 rings (SSSR count). The van der Waals surface area contributed by atoms with E-state index < -0.39 is 0 Å². The topological polar surface area (TPSA) is 50.8 Å². The number of aryl methyl sites for hydroxylation is 1. The van der Waals surface area contributed by atoms with Crippen molar-refractivity contribution in [3.63, 3.8) is 0 Å². The summed E-state index contributed by atoms with van der Waals surface area (Å²) in [4.78, 5) is 13.8. The Labute approximate surface area is 147 Å². The Bertz CT molecular complexity index is 689. The number of anilines is 1. The minimum atomic E-state index is -0.225. The fraction of sp³-hybridized carbons (Fsp3) is 0.278. The number of amides is 2. The highest BCUT2D eigenvalue weighted by atomic mass is 35.5. The smallest absolute Gasteiger partial charge is 0.321 e. The highest BCUT2D eigenvalue weighted by molar-refractivity contribution is 6.30. The third kappa shape index (κ3) is 5.06. The van der Waals surface area contributed by atoms with Crippen molar-refractivity contribution in [2.45, 2.75) is 6.92 Å². The molecule has 0 spiro atoms. The van der Waals surface area contributed by atoms with E-state index in [0.29, 0.717) is 35.4 Å². The molecule has 6 heteroatoms. The summed E-state index contributed by atoms with van der Waals surface area (Å²) < 4.78 is 10.9. The maximum Gasteiger partial charge on any atom is 0.321 e. The van der Waals surface area contributed by atoms with E-state index in [-0.39, 0.29) is 6.03 Å². The number of halogens is 1. The molecule has 0 aliphatic heterocycles. The molecule has 24 heavy (non-hydrogen) atoms. The van der Waals surface area contributed by atoms with E-state index in [1.54, 1.807) is 43.3 Å². The molecule has 2 aromatic rings. The van der Waals surface area contributed by atoms with E-state index in [0.717, 1.165) is 5.56 Å². The van der Waals surface area contributed by atoms with Crippen molar-refractivity contribution >= 4 is 23.3 Å². The van der Waals surface area contributed by atoms with Gasteiger partial charge < -0.3 is 19.7 Å². The monoisotopic (exact) mass is 348 g/mol. The predicted octanol–water partition coefficient (Wildman–Crippen LogP) is 4.20. The van der Waals surface area contributed by atoms with Crippen molar-refractivity contribution < 1.29 is 14.3 Å². The first-order chi connectivity index (χ1) is 11.5. The molecule has 1 N–H and O–H groups in total. The highest BCUT2D eigenvalue weighted by Crippen LogP contribution is 2.25. The Morgan fingerprint density at radius 3 is 2.58 bits per heavy atom. The number of hydrogen-bond donors (Lipinski definition) is 1. The standard InChI is InChI=1S/C18H21ClN2O3/c1-13-4-9-16(17(12-13)23-3)20-18(22)21(2)10-11-24-15-7-5-14(19)6-8-15/h4-9,12H,10-11H2,1-3H3,(H,20,22). The molecule has 0 atom stereocenters. The second-order valence-corrected chi connectivity index (χ2v) is 5.79. The number of likely N-dealkylation sites (N-methyl/N-ethyl adjacent to an activating group) is 1. The van der Waals surface area contributed by atoms with Gasteiger partial charge in [-0.25, -0.2) is 4.79 Å². The Hall–Kier alpha value is -2.40. The van der Waals surface area contributed by atoms with Crippen molar-refractivity contribution in [2.24, 2.45) is 0 Å². The number of urea groups is 1. The van der Waals surface area contributed by atoms with Crippen molar-refractivity contribution in [3.8, 4) is 11.5 Å². The third-order valence-corrected chi connectivity index (χ3v) is 3.71. The van der Waals surface area contributed by atoms with Crippen LogP contribution >= 0.6 is 11.6 Å². The van der Waals surface area contributed by atoms with Crippen LogP contribution < -0.4 is 14.8 Å². The molecule has 0 bridgehead atoms. The van der Waals surface area contributed by atoms with E-state index in [1.165, 1.54) is 0 Å². The van der Waals surface area contributed by atoms with Gasteiger partial charge >= 0.3 is 6.03 Å². The zero-order valence-corrected chi connectivity index (χ0v) is 14.8. The molecule has 2 amide bonds. The molecule has 128 valence electrons. The Kier molecular flexibility index (Phi) is 6.32. The van der Waals surface area contributed by atoms with Crippen LogP contribution in [0.15, 0.2) is 42.5 Å². The van der Waals surface area contributed by atoms with Gasteiger partial charge in [0.25, 0.3) is 0 Å². The molecule has 2 aromatic carbocycles. The van der Waals surface area contributed by atoms with Crippen LogP contribution in [0.3, 0.4) is 0 Å². The molecule has 5 nitrogen and oxygen atoms in total. The lowest BCUT2D eigenvalue weighted by Crippen LogP contribution is -2.34. The molecule has 0 unspecified atom stereocenters. The lowest BCUT2D eigenvalue weighted by molar-refractivity contribution is 0.207. The SMILES string of the molecule is COc1cc(C)ccc1NC(=O)N(C)CCOc1ccc(Cl)cc1. The maximum absolute atomic E-state index is 12.2. The Balaban J connectivity index is 1.85. The summed E-state index contributed by atoms with van der Waals surface area (Å²) in [6, 6.07) is 12.5. The van der Waals surface area contributed by atoms with Crippen LogP contribution in [0.5, 0.6) is 11.5 Å². The van der Waals surface area contributed by atoms with E-state index in [2.05, 4.69) is 5.32 Å². The van der Waals surface area contributed by atoms with Gasteiger partial charge in [-0.1, -0.05) is 17.7 Å². The van der Waals surface area contributed by atoms with Gasteiger partial charge in [-0.15, -0.1) is 0 Å². The number of carbonyl (C=O) groups excluding carboxylic acids is 1. The van der Waals surface area contributed by atoms with Crippen molar-refractivity contribution in [1.82, 2.24) is 4.90 Å². The largest absolute Gasteiger partial charge is 0.495 e. The zero-order valence-electron chi connectivity index (χ0n) is 14.0. The van der Waals surface area contributed by atoms with Crippen LogP contribution in [0.4, 0.5) is 10.5 Å². The minimum Gasteiger partial charge on any atom is -0.495 e. The van der Waals surface area contributed by atoms with Crippen LogP contribution in [0.25, 0.3) is 0 Å². The molecule has 0 fully saturated rings. The van der Waals surface area contributed by atoms with Crippen LogP contribution in [0.1, 0.15) is 5.56 Å². The van der Waals surface area contributed by atoms with Crippen molar-refractivity contribution in [2.75, 3.05) is 32.6 Å². The van der Waals surface area contributed by atoms with Gasteiger partial charge in [0, 0.05) is 12.1 Å². The van der Waals surface area contributed by atoms with Gasteiger partial charge in [0.15, 0.2) is 0 Å². The summed E-state index contributed by atoms with van der Waals surface area (Å²) in [6.45, 7) is 2.80. The van der Waals surface area contributed by atoms with Gasteiger partial charge in [0.2, 0.25) is 0 Å². The molecular formula is C18H21ClN2O3. The predicted molar refractivity (Wildman–Crippen MR) is 96.3 cm³/mol. The first-order valence-corrected chi connectivity index (χ1v) is 7.92. The average Bonchev–Trinajstić information content (AvgIpc) is 2.58. The summed E-state index contributed by atoms with van der Waals surface area (Å²) >= 11 is 5.82. The first kappa shape index (κ1) is 17.9. The Morgan fingerprint density at radius 2 is 1.92 bits per heavy atom. The molecule has 0 saturated carbocycles. The normalized spacial score (nSPS) is 10.2. The van der Waals surface area contributed by atoms with Crippen molar-refractivity contribution in [1.29, 1.82) is 0 Å². The molecule has 0 heterocycles. The fourth-order valence-corrected chi connectivity index (χ4v) is 2.17. The van der Waals surface area contributed by atoms with Crippen LogP contribution in [0.2, 0.25) is 5.02 Å². The van der Waals surface area contributed by atoms with Crippen LogP contribution in [-0.4, -0.2) is 38.2 Å². The van der Waals surface area contributed by atoms with E-state index in [1.807, 2.05) is 25.1 Å². The number of ether oxygens (including phenoxy) is 2. The molecule has 0 saturated heterocycles. The second-order valence-electron chi connectivity index (χ2n) is 5.36. The summed E-state index contributed by atoms with van der Waals surface area (Å²) in [5.41, 5.74) is 1.70. The quantitative estimate of drug-likeness (QED) is 0.851. The number of nitrogens with one attached hydrogen (secondary N) is 1. The number of hydrogen-bond acceptors (Lipinski definition) is 3. The van der Waals surface area contributed by atoms with E-state index >= 15 is 0 Å². The molecule has 0 aliphatic rings. The molecule has 0 aromatic heterocycles. The van der Waals surface area contributed by atoms with Crippen molar-refractivity contribution in [3.05, 3.63) is 53.1 Å². The number of benzene rings is 2. The number of nitrogens with zero attached hydrogens (tertiary/aromatic N) is 1. The van der Waals surface area contributed by atoms with Gasteiger partial charge in [-0.3, -0.25) is 0 Å². The van der Waals surface area contributed by atoms with Crippen LogP contribution in [0, 0.1) is 6.92 Å². The summed E-state index contributed by atoms with van der Waals surface area (Å²) in [6.07, 6.45) is 0. The lowest BCUT2D eigenvalue weighted by Gasteiger charge is -2.19. The minimum absolute atomic E-state index is 0.225. The van der Waals surface area contributed by atoms with Gasteiger partial charge in [0.1, 0.15) is 18.1 Å². The maximum atomic E-state index is 12.2. The van der Waals surface area contributed by atoms with E-state index in [4.69, 9.17) is 21.1 Å². The second kappa shape index (κ2) is 8.45. The average molecular weight is 349 g/mol. The molecular weight excluding hydrogens is 328 g/mol. The summed E-state index contributed by atoms with van der Waals surface area (Å²) in [5, 5.41) is 3.49. The van der Waals surface area contributed by atoms with E-state index in [9.17, 15) is 4.79 Å². The Morgan fingerprint density at radius 1 is 1.21 bits per heavy atom. The number of rotatable bonds is 6. The van der Waals surface area contributed by atoms with Gasteiger partial charge in [-0.2, -0.15) is 0 Å². The summed E-state index contributed by atoms with van der Waals surface area (Å²) in [7, 11) is 3.29. The van der Waals surface area contributed by atoms with Gasteiger partial charge in [0.05, 0.1) is 19.3 Å². The lowest BCUT2D eigenvalue weighted by atomic mass is 10.2. The van der Waals surface area contributed by atoms with Crippen LogP contribution in [-0.2, 0) is 0 Å². The first-order valence-electron chi connectivity index (χ1n) is 7.54. The number of carbonyl (C=O) groups is 1. The molecule has 0 radical (unpaired) electrons. The van der Waals surface area contributed by atoms with Gasteiger partial charge in [-0.05, 0) is 48.9 Å². The zero-order chi connectivity index (χ0) is 17.5. The highest BCUT2D eigenvalue weighted by Gasteiger charge is 2.12. The fourth-order valence-electron chi connectivity index (χ4n) is 2.05. The molecule has 0 aliphatic carbocycles. The number of methoxy groups -OCH3 is 1. The summed E-state index contributed by atoms with van der Waals surface area (Å²) in [5.74, 6) is 1.35.